The van der Waals surface area contributed by atoms with Crippen LogP contribution in [0.15, 0.2) is 104 Å². The van der Waals surface area contributed by atoms with E-state index in [1.54, 1.807) is 18.6 Å². The zero-order valence-corrected chi connectivity index (χ0v) is 30.6. The molecule has 255 valence electrons. The van der Waals surface area contributed by atoms with Crippen LogP contribution < -0.4 is 14.8 Å². The van der Waals surface area contributed by atoms with Crippen molar-refractivity contribution in [2.75, 3.05) is 9.80 Å². The van der Waals surface area contributed by atoms with Crippen LogP contribution in [0.25, 0.3) is 22.6 Å². The summed E-state index contributed by atoms with van der Waals surface area (Å²) in [4.78, 5) is 21.8. The summed E-state index contributed by atoms with van der Waals surface area (Å²) in [6, 6.07) is 30.2. The van der Waals surface area contributed by atoms with Crippen molar-refractivity contribution in [3.8, 4) is 11.5 Å². The molecular weight excluding hydrogens is 652 g/mol. The Morgan fingerprint density at radius 1 is 0.571 bits per heavy atom. The molecule has 7 heteroatoms. The van der Waals surface area contributed by atoms with E-state index < -0.39 is 0 Å². The molecule has 0 atom stereocenters. The van der Waals surface area contributed by atoms with Gasteiger partial charge in [0.25, 0.3) is 0 Å². The molecule has 0 aliphatic carbocycles. The fourth-order valence-electron chi connectivity index (χ4n) is 6.48. The standard InChI is InChI=1S/C31H39N2.C11H7N4.Cu/c1-20(2)24-13-11-14-25(21(3)4)30(24)32-19-33(29-18-10-9-17-28(29)32)31-26(22(5)6)15-12-16-27(31)23(7)8;1-2-4-9-8(3-1)14-11(15-9)10-7-12-5-6-13-10;/h9-23H,1-8H3;1-7H;/q2*-1;+2. The van der Waals surface area contributed by atoms with E-state index in [0.29, 0.717) is 35.2 Å². The second-order valence-electron chi connectivity index (χ2n) is 13.7. The molecule has 1 aliphatic rings. The molecule has 0 saturated heterocycles. The summed E-state index contributed by atoms with van der Waals surface area (Å²) >= 11 is 0. The number of nitrogens with zero attached hydrogens (tertiary/aromatic N) is 6. The van der Waals surface area contributed by atoms with Gasteiger partial charge >= 0.3 is 17.1 Å². The zero-order valence-electron chi connectivity index (χ0n) is 29.7. The van der Waals surface area contributed by atoms with Crippen LogP contribution in [0.2, 0.25) is 0 Å². The predicted molar refractivity (Wildman–Crippen MR) is 200 cm³/mol. The maximum atomic E-state index is 4.37. The van der Waals surface area contributed by atoms with Crippen molar-refractivity contribution in [3.63, 3.8) is 0 Å². The molecule has 0 N–H and O–H groups in total. The fourth-order valence-corrected chi connectivity index (χ4v) is 6.48. The average molecular weight is 698 g/mol. The molecule has 6 nitrogen and oxygen atoms in total. The minimum absolute atomic E-state index is 0. The number of para-hydroxylation sites is 6. The number of fused-ring (bicyclic) bond motifs is 2. The van der Waals surface area contributed by atoms with E-state index >= 15 is 0 Å². The fraction of sp³-hybridized carbons (Fsp3) is 0.286. The first-order valence-corrected chi connectivity index (χ1v) is 17.1. The van der Waals surface area contributed by atoms with E-state index in [9.17, 15) is 0 Å². The van der Waals surface area contributed by atoms with Gasteiger partial charge in [-0.1, -0.05) is 128 Å². The van der Waals surface area contributed by atoms with Gasteiger partial charge in [-0.2, -0.15) is 0 Å². The molecule has 49 heavy (non-hydrogen) atoms. The van der Waals surface area contributed by atoms with Crippen LogP contribution in [-0.2, 0) is 17.1 Å². The molecule has 0 unspecified atom stereocenters. The van der Waals surface area contributed by atoms with Crippen LogP contribution in [0.1, 0.15) is 101 Å². The molecule has 0 amide bonds. The van der Waals surface area contributed by atoms with Crippen LogP contribution in [0.3, 0.4) is 0 Å². The van der Waals surface area contributed by atoms with Crippen LogP contribution in [0, 0.1) is 6.67 Å². The van der Waals surface area contributed by atoms with Crippen LogP contribution in [-0.4, -0.2) is 15.0 Å². The summed E-state index contributed by atoms with van der Waals surface area (Å²) in [5.74, 6) is 2.42. The molecule has 1 radical (unpaired) electrons. The van der Waals surface area contributed by atoms with Gasteiger partial charge < -0.3 is 19.8 Å². The van der Waals surface area contributed by atoms with Crippen molar-refractivity contribution < 1.29 is 17.1 Å². The Balaban J connectivity index is 0.000000243. The number of imidazole rings is 1. The number of aromatic nitrogens is 4. The summed E-state index contributed by atoms with van der Waals surface area (Å²) in [6.45, 7) is 20.7. The second kappa shape index (κ2) is 15.4. The van der Waals surface area contributed by atoms with Gasteiger partial charge in [0.05, 0.1) is 11.9 Å². The molecule has 7 rings (SSSR count). The Kier molecular flexibility index (Phi) is 11.3. The largest absolute Gasteiger partial charge is 2.00 e. The van der Waals surface area contributed by atoms with E-state index in [1.807, 2.05) is 24.3 Å². The van der Waals surface area contributed by atoms with Gasteiger partial charge in [0.15, 0.2) is 0 Å². The van der Waals surface area contributed by atoms with E-state index in [2.05, 4.69) is 152 Å². The van der Waals surface area contributed by atoms with Gasteiger partial charge in [0.2, 0.25) is 0 Å². The zero-order chi connectivity index (χ0) is 33.9. The van der Waals surface area contributed by atoms with Crippen LogP contribution in [0.5, 0.6) is 0 Å². The Morgan fingerprint density at radius 3 is 1.47 bits per heavy atom. The minimum atomic E-state index is 0. The molecule has 1 aliphatic heterocycles. The summed E-state index contributed by atoms with van der Waals surface area (Å²) in [7, 11) is 0. The smallest absolute Gasteiger partial charge is 0.473 e. The minimum Gasteiger partial charge on any atom is -0.473 e. The molecule has 0 saturated carbocycles. The molecule has 2 aromatic heterocycles. The van der Waals surface area contributed by atoms with Gasteiger partial charge in [-0.15, -0.1) is 6.67 Å². The molecule has 6 aromatic rings. The monoisotopic (exact) mass is 697 g/mol. The van der Waals surface area contributed by atoms with E-state index in [4.69, 9.17) is 0 Å². The van der Waals surface area contributed by atoms with Crippen molar-refractivity contribution in [3.05, 3.63) is 132 Å². The summed E-state index contributed by atoms with van der Waals surface area (Å²) < 4.78 is 0. The van der Waals surface area contributed by atoms with Gasteiger partial charge in [-0.3, -0.25) is 9.97 Å². The number of hydrogen-bond donors (Lipinski definition) is 0. The van der Waals surface area contributed by atoms with Crippen molar-refractivity contribution in [2.24, 2.45) is 0 Å². The molecule has 0 bridgehead atoms. The van der Waals surface area contributed by atoms with E-state index in [1.165, 1.54) is 45.0 Å². The van der Waals surface area contributed by atoms with Crippen molar-refractivity contribution in [2.45, 2.75) is 79.1 Å². The normalized spacial score (nSPS) is 12.5. The third kappa shape index (κ3) is 7.29. The Labute approximate surface area is 302 Å². The first kappa shape index (κ1) is 35.8. The number of rotatable bonds is 7. The quantitative estimate of drug-likeness (QED) is 0.122. The Hall–Kier alpha value is -4.45. The number of anilines is 4. The molecule has 4 aromatic carbocycles. The third-order valence-corrected chi connectivity index (χ3v) is 8.93. The van der Waals surface area contributed by atoms with Crippen molar-refractivity contribution >= 4 is 33.8 Å². The van der Waals surface area contributed by atoms with Crippen LogP contribution >= 0.6 is 0 Å². The average Bonchev–Trinajstić information content (AvgIpc) is 3.70. The second-order valence-corrected chi connectivity index (χ2v) is 13.7. The van der Waals surface area contributed by atoms with Crippen molar-refractivity contribution in [1.82, 2.24) is 19.9 Å². The maximum absolute atomic E-state index is 4.37. The van der Waals surface area contributed by atoms with Gasteiger partial charge in [-0.05, 0) is 74.9 Å². The number of benzene rings is 4. The van der Waals surface area contributed by atoms with E-state index in [-0.39, 0.29) is 17.1 Å². The summed E-state index contributed by atoms with van der Waals surface area (Å²) in [6.07, 6.45) is 4.93. The molecule has 3 heterocycles. The van der Waals surface area contributed by atoms with Crippen LogP contribution in [0.4, 0.5) is 22.7 Å². The van der Waals surface area contributed by atoms with Gasteiger partial charge in [0.1, 0.15) is 0 Å². The molecular formula is C42H46CuN6. The summed E-state index contributed by atoms with van der Waals surface area (Å²) in [5.41, 5.74) is 13.2. The molecule has 0 fully saturated rings. The van der Waals surface area contributed by atoms with Crippen molar-refractivity contribution in [1.29, 1.82) is 0 Å². The van der Waals surface area contributed by atoms with Gasteiger partial charge in [-0.25, -0.2) is 0 Å². The SMILES string of the molecule is CC(C)c1cccc(C(C)C)c1N1[CH-]N(c2c(C(C)C)cccc2C(C)C)c2ccccc21.[Cu+2].c1ccc2[n-]c(-c3cnccn3)nc2c1. The maximum Gasteiger partial charge on any atom is 2.00 e. The molecule has 0 spiro atoms. The topological polar surface area (TPSA) is 59.2 Å². The first-order chi connectivity index (χ1) is 23.2. The van der Waals surface area contributed by atoms with E-state index in [0.717, 1.165) is 11.0 Å². The predicted octanol–water partition coefficient (Wildman–Crippen LogP) is 11.2. The van der Waals surface area contributed by atoms with Gasteiger partial charge in [0, 0.05) is 35.1 Å². The number of hydrogen-bond acceptors (Lipinski definition) is 5. The Bertz CT molecular complexity index is 1820. The summed E-state index contributed by atoms with van der Waals surface area (Å²) in [5, 5.41) is 0. The third-order valence-electron chi connectivity index (χ3n) is 8.93. The Morgan fingerprint density at radius 2 is 1.04 bits per heavy atom. The first-order valence-electron chi connectivity index (χ1n) is 17.1.